The van der Waals surface area contributed by atoms with E-state index in [0.29, 0.717) is 9.75 Å². The first-order chi connectivity index (χ1) is 8.20. The molecule has 1 fully saturated rings. The number of hydrogen-bond acceptors (Lipinski definition) is 4. The Morgan fingerprint density at radius 2 is 1.76 bits per heavy atom. The Labute approximate surface area is 103 Å². The van der Waals surface area contributed by atoms with Crippen molar-refractivity contribution in [2.24, 2.45) is 0 Å². The second-order valence-corrected chi connectivity index (χ2v) is 5.14. The van der Waals surface area contributed by atoms with E-state index in [9.17, 15) is 9.59 Å². The third kappa shape index (κ3) is 2.83. The minimum Gasteiger partial charge on any atom is -0.349 e. The van der Waals surface area contributed by atoms with Crippen LogP contribution in [0.2, 0.25) is 0 Å². The zero-order chi connectivity index (χ0) is 12.3. The maximum absolute atomic E-state index is 11.8. The van der Waals surface area contributed by atoms with Gasteiger partial charge in [0.2, 0.25) is 0 Å². The van der Waals surface area contributed by atoms with Crippen molar-refractivity contribution in [1.29, 1.82) is 0 Å². The lowest BCUT2D eigenvalue weighted by molar-refractivity contribution is 0.0711. The van der Waals surface area contributed by atoms with E-state index >= 15 is 0 Å². The van der Waals surface area contributed by atoms with Gasteiger partial charge in [0.15, 0.2) is 0 Å². The molecule has 0 aromatic carbocycles. The molecule has 17 heavy (non-hydrogen) atoms. The monoisotopic (exact) mass is 254 g/mol. The number of hydroxylamine groups is 1. The van der Waals surface area contributed by atoms with Gasteiger partial charge in [0.25, 0.3) is 11.8 Å². The number of thiophene rings is 1. The van der Waals surface area contributed by atoms with E-state index in [2.05, 4.69) is 5.32 Å². The third-order valence-corrected chi connectivity index (χ3v) is 3.93. The standard InChI is InChI=1S/C11H14N2O3S/c14-10(12-7-3-1-2-4-7)8-5-6-9(17-8)11(15)13-16/h5-7,16H,1-4H2,(H,12,14)(H,13,15). The first-order valence-corrected chi connectivity index (χ1v) is 6.37. The van der Waals surface area contributed by atoms with Gasteiger partial charge in [-0.05, 0) is 25.0 Å². The number of rotatable bonds is 3. The predicted octanol–water partition coefficient (Wildman–Crippen LogP) is 1.54. The van der Waals surface area contributed by atoms with Crippen LogP contribution in [-0.2, 0) is 0 Å². The molecule has 1 aromatic rings. The molecule has 1 heterocycles. The van der Waals surface area contributed by atoms with Crippen LogP contribution < -0.4 is 10.8 Å². The summed E-state index contributed by atoms with van der Waals surface area (Å²) in [5.41, 5.74) is 1.55. The fraction of sp³-hybridized carbons (Fsp3) is 0.455. The summed E-state index contributed by atoms with van der Waals surface area (Å²) < 4.78 is 0. The van der Waals surface area contributed by atoms with E-state index in [1.54, 1.807) is 11.5 Å². The zero-order valence-corrected chi connectivity index (χ0v) is 10.0. The van der Waals surface area contributed by atoms with Crippen molar-refractivity contribution in [3.8, 4) is 0 Å². The van der Waals surface area contributed by atoms with Gasteiger partial charge in [0, 0.05) is 6.04 Å². The van der Waals surface area contributed by atoms with Crippen LogP contribution in [0.25, 0.3) is 0 Å². The molecule has 0 saturated heterocycles. The Morgan fingerprint density at radius 1 is 1.18 bits per heavy atom. The first-order valence-electron chi connectivity index (χ1n) is 5.56. The molecular formula is C11H14N2O3S. The maximum Gasteiger partial charge on any atom is 0.284 e. The van der Waals surface area contributed by atoms with Gasteiger partial charge in [0.1, 0.15) is 0 Å². The highest BCUT2D eigenvalue weighted by atomic mass is 32.1. The third-order valence-electron chi connectivity index (χ3n) is 2.85. The highest BCUT2D eigenvalue weighted by molar-refractivity contribution is 7.15. The topological polar surface area (TPSA) is 78.4 Å². The van der Waals surface area contributed by atoms with Gasteiger partial charge < -0.3 is 5.32 Å². The minimum absolute atomic E-state index is 0.140. The summed E-state index contributed by atoms with van der Waals surface area (Å²) in [6, 6.07) is 3.39. The van der Waals surface area contributed by atoms with Gasteiger partial charge in [-0.15, -0.1) is 11.3 Å². The summed E-state index contributed by atoms with van der Waals surface area (Å²) >= 11 is 1.07. The Balaban J connectivity index is 1.99. The average Bonchev–Trinajstić information content (AvgIpc) is 2.98. The maximum atomic E-state index is 11.8. The molecule has 6 heteroatoms. The van der Waals surface area contributed by atoms with E-state index in [0.717, 1.165) is 37.0 Å². The fourth-order valence-electron chi connectivity index (χ4n) is 1.96. The van der Waals surface area contributed by atoms with Crippen LogP contribution in [0, 0.1) is 0 Å². The summed E-state index contributed by atoms with van der Waals surface area (Å²) in [7, 11) is 0. The largest absolute Gasteiger partial charge is 0.349 e. The van der Waals surface area contributed by atoms with Crippen molar-refractivity contribution in [3.05, 3.63) is 21.9 Å². The van der Waals surface area contributed by atoms with Gasteiger partial charge in [0.05, 0.1) is 9.75 Å². The van der Waals surface area contributed by atoms with Crippen molar-refractivity contribution in [1.82, 2.24) is 10.8 Å². The van der Waals surface area contributed by atoms with E-state index < -0.39 is 5.91 Å². The molecule has 2 amide bonds. The summed E-state index contributed by atoms with van der Waals surface area (Å²) in [5.74, 6) is -0.728. The first kappa shape index (κ1) is 12.1. The van der Waals surface area contributed by atoms with Crippen LogP contribution in [0.3, 0.4) is 0 Å². The molecule has 1 aliphatic carbocycles. The summed E-state index contributed by atoms with van der Waals surface area (Å²) in [6.07, 6.45) is 4.38. The van der Waals surface area contributed by atoms with Crippen molar-refractivity contribution in [3.63, 3.8) is 0 Å². The van der Waals surface area contributed by atoms with Gasteiger partial charge >= 0.3 is 0 Å². The lowest BCUT2D eigenvalue weighted by Gasteiger charge is -2.10. The lowest BCUT2D eigenvalue weighted by Crippen LogP contribution is -2.31. The second kappa shape index (κ2) is 5.29. The van der Waals surface area contributed by atoms with Crippen LogP contribution in [0.1, 0.15) is 45.0 Å². The van der Waals surface area contributed by atoms with Crippen LogP contribution in [0.4, 0.5) is 0 Å². The van der Waals surface area contributed by atoms with Crippen molar-refractivity contribution in [2.45, 2.75) is 31.7 Å². The van der Waals surface area contributed by atoms with Gasteiger partial charge in [-0.1, -0.05) is 12.8 Å². The molecule has 0 bridgehead atoms. The minimum atomic E-state index is -0.588. The number of carbonyl (C=O) groups excluding carboxylic acids is 2. The van der Waals surface area contributed by atoms with Crippen molar-refractivity contribution in [2.75, 3.05) is 0 Å². The molecular weight excluding hydrogens is 240 g/mol. The number of hydrogen-bond donors (Lipinski definition) is 3. The average molecular weight is 254 g/mol. The highest BCUT2D eigenvalue weighted by Crippen LogP contribution is 2.20. The Morgan fingerprint density at radius 3 is 2.35 bits per heavy atom. The van der Waals surface area contributed by atoms with Crippen LogP contribution in [0.5, 0.6) is 0 Å². The normalized spacial score (nSPS) is 15.8. The molecule has 3 N–H and O–H groups in total. The molecule has 92 valence electrons. The molecule has 0 spiro atoms. The molecule has 0 atom stereocenters. The molecule has 0 unspecified atom stereocenters. The van der Waals surface area contributed by atoms with Gasteiger partial charge in [-0.3, -0.25) is 14.8 Å². The van der Waals surface area contributed by atoms with E-state index in [-0.39, 0.29) is 11.9 Å². The van der Waals surface area contributed by atoms with E-state index in [4.69, 9.17) is 5.21 Å². The molecule has 1 saturated carbocycles. The highest BCUT2D eigenvalue weighted by Gasteiger charge is 2.19. The van der Waals surface area contributed by atoms with E-state index in [1.807, 2.05) is 0 Å². The molecule has 5 nitrogen and oxygen atoms in total. The lowest BCUT2D eigenvalue weighted by atomic mass is 10.2. The zero-order valence-electron chi connectivity index (χ0n) is 9.23. The Bertz CT molecular complexity index is 424. The van der Waals surface area contributed by atoms with Crippen LogP contribution >= 0.6 is 11.3 Å². The quantitative estimate of drug-likeness (QED) is 0.565. The molecule has 0 radical (unpaired) electrons. The summed E-state index contributed by atoms with van der Waals surface area (Å²) in [6.45, 7) is 0. The number of nitrogens with one attached hydrogen (secondary N) is 2. The molecule has 1 aromatic heterocycles. The molecule has 0 aliphatic heterocycles. The van der Waals surface area contributed by atoms with E-state index in [1.165, 1.54) is 6.07 Å². The predicted molar refractivity (Wildman–Crippen MR) is 63.3 cm³/mol. The fourth-order valence-corrected chi connectivity index (χ4v) is 2.76. The summed E-state index contributed by atoms with van der Waals surface area (Å²) in [4.78, 5) is 23.8. The molecule has 1 aliphatic rings. The van der Waals surface area contributed by atoms with Gasteiger partial charge in [-0.2, -0.15) is 0 Å². The number of amides is 2. The Kier molecular flexibility index (Phi) is 3.75. The second-order valence-electron chi connectivity index (χ2n) is 4.06. The van der Waals surface area contributed by atoms with Crippen LogP contribution in [-0.4, -0.2) is 23.1 Å². The summed E-state index contributed by atoms with van der Waals surface area (Å²) in [5, 5.41) is 11.4. The SMILES string of the molecule is O=C(NO)c1ccc(C(=O)NC2CCCC2)s1. The van der Waals surface area contributed by atoms with Gasteiger partial charge in [-0.25, -0.2) is 5.48 Å². The van der Waals surface area contributed by atoms with Crippen molar-refractivity contribution < 1.29 is 14.8 Å². The Hall–Kier alpha value is -1.40. The van der Waals surface area contributed by atoms with Crippen LogP contribution in [0.15, 0.2) is 12.1 Å². The number of carbonyl (C=O) groups is 2. The smallest absolute Gasteiger partial charge is 0.284 e. The molecule has 2 rings (SSSR count). The van der Waals surface area contributed by atoms with Crippen molar-refractivity contribution >= 4 is 23.2 Å².